The van der Waals surface area contributed by atoms with Gasteiger partial charge in [-0.15, -0.1) is 0 Å². The molecule has 0 N–H and O–H groups in total. The third kappa shape index (κ3) is 21.2. The Morgan fingerprint density at radius 3 is 1.26 bits per heavy atom. The summed E-state index contributed by atoms with van der Waals surface area (Å²) in [6.45, 7) is 3.53. The number of rotatable bonds is 13. The van der Waals surface area contributed by atoms with Crippen molar-refractivity contribution in [3.63, 3.8) is 0 Å². The van der Waals surface area contributed by atoms with Crippen molar-refractivity contribution >= 4 is 16.1 Å². The maximum Gasteiger partial charge on any atom is 0.226 e. The van der Waals surface area contributed by atoms with Crippen molar-refractivity contribution in [1.29, 1.82) is 0 Å². The molecule has 0 aliphatic rings. The maximum atomic E-state index is 3.65. The van der Waals surface area contributed by atoms with E-state index in [1.807, 2.05) is 0 Å². The van der Waals surface area contributed by atoms with Crippen LogP contribution >= 0.6 is 16.1 Å². The Balaban J connectivity index is 0. The van der Waals surface area contributed by atoms with Gasteiger partial charge in [0, 0.05) is 0 Å². The fraction of sp³-hybridized carbons (Fsp3) is 1.00. The van der Waals surface area contributed by atoms with Gasteiger partial charge in [-0.2, -0.15) is 0 Å². The lowest BCUT2D eigenvalue weighted by atomic mass is 10.1. The molecule has 1 nitrogen and oxygen atoms in total. The Bertz CT molecular complexity index is 169. The second-order valence-corrected chi connectivity index (χ2v) is 8.07. The Morgan fingerprint density at radius 2 is 0.947 bits per heavy atom. The van der Waals surface area contributed by atoms with Gasteiger partial charge >= 0.3 is 0 Å². The van der Waals surface area contributed by atoms with Gasteiger partial charge in [-0.1, -0.05) is 71.1 Å². The molecule has 0 amide bonds. The molecule has 3 heteroatoms. The SMILES string of the molecule is CCCCCCCCCCCCCC[N+](C)(C)Br.[Cl-]. The zero-order valence-electron chi connectivity index (χ0n) is 13.4. The van der Waals surface area contributed by atoms with Crippen LogP contribution < -0.4 is 12.4 Å². The number of unbranched alkanes of at least 4 members (excludes halogenated alkanes) is 11. The monoisotopic (exact) mass is 355 g/mol. The van der Waals surface area contributed by atoms with Gasteiger partial charge in [-0.05, 0) is 12.8 Å². The van der Waals surface area contributed by atoms with E-state index >= 15 is 0 Å². The molecule has 0 heterocycles. The summed E-state index contributed by atoms with van der Waals surface area (Å²) >= 11 is 3.65. The van der Waals surface area contributed by atoms with E-state index in [9.17, 15) is 0 Å². The zero-order valence-corrected chi connectivity index (χ0v) is 15.7. The van der Waals surface area contributed by atoms with Crippen molar-refractivity contribution in [2.24, 2.45) is 0 Å². The molecule has 0 unspecified atom stereocenters. The van der Waals surface area contributed by atoms with Gasteiger partial charge in [0.1, 0.15) is 0 Å². The summed E-state index contributed by atoms with van der Waals surface area (Å²) in [7, 11) is 4.41. The van der Waals surface area contributed by atoms with Crippen LogP contribution in [0.25, 0.3) is 0 Å². The molecule has 0 spiro atoms. The van der Waals surface area contributed by atoms with Crippen LogP contribution in [0.15, 0.2) is 0 Å². The van der Waals surface area contributed by atoms with Crippen LogP contribution in [0.1, 0.15) is 84.0 Å². The second-order valence-electron chi connectivity index (χ2n) is 6.15. The summed E-state index contributed by atoms with van der Waals surface area (Å²) < 4.78 is 0.935. The molecule has 0 radical (unpaired) electrons. The van der Waals surface area contributed by atoms with E-state index in [2.05, 4.69) is 37.2 Å². The first-order valence-electron chi connectivity index (χ1n) is 8.09. The van der Waals surface area contributed by atoms with Crippen LogP contribution in [0.4, 0.5) is 0 Å². The third-order valence-electron chi connectivity index (χ3n) is 3.54. The minimum atomic E-state index is 0. The fourth-order valence-electron chi connectivity index (χ4n) is 2.33. The van der Waals surface area contributed by atoms with Crippen molar-refractivity contribution in [3.8, 4) is 0 Å². The Morgan fingerprint density at radius 1 is 0.632 bits per heavy atom. The zero-order chi connectivity index (χ0) is 13.7. The topological polar surface area (TPSA) is 0 Å². The molecule has 0 aromatic heterocycles. The highest BCUT2D eigenvalue weighted by Gasteiger charge is 2.08. The highest BCUT2D eigenvalue weighted by molar-refractivity contribution is 9.05. The average molecular weight is 357 g/mol. The predicted octanol–water partition coefficient (Wildman–Crippen LogP) is 3.08. The minimum Gasteiger partial charge on any atom is -1.00 e. The van der Waals surface area contributed by atoms with E-state index in [4.69, 9.17) is 0 Å². The van der Waals surface area contributed by atoms with Gasteiger partial charge in [0.25, 0.3) is 0 Å². The van der Waals surface area contributed by atoms with E-state index in [0.717, 1.165) is 3.51 Å². The smallest absolute Gasteiger partial charge is 0.226 e. The molecular formula is C16H35BrClN. The molecule has 0 bridgehead atoms. The lowest BCUT2D eigenvalue weighted by Crippen LogP contribution is -3.00. The minimum absolute atomic E-state index is 0. The molecule has 118 valence electrons. The standard InChI is InChI=1S/C16H35BrN.ClH/c1-4-5-6-7-8-9-10-11-12-13-14-15-16-18(2,3)17;/h4-16H2,1-3H3;1H/q+1;/p-1. The first-order valence-corrected chi connectivity index (χ1v) is 8.80. The van der Waals surface area contributed by atoms with Gasteiger partial charge in [-0.25, -0.2) is 0 Å². The lowest BCUT2D eigenvalue weighted by Gasteiger charge is -2.18. The molecule has 19 heavy (non-hydrogen) atoms. The summed E-state index contributed by atoms with van der Waals surface area (Å²) in [4.78, 5) is 0. The van der Waals surface area contributed by atoms with Crippen molar-refractivity contribution in [2.75, 3.05) is 20.6 Å². The first kappa shape index (κ1) is 22.0. The van der Waals surface area contributed by atoms with Crippen molar-refractivity contribution in [1.82, 2.24) is 0 Å². The highest BCUT2D eigenvalue weighted by atomic mass is 79.9. The average Bonchev–Trinajstić information content (AvgIpc) is 2.29. The van der Waals surface area contributed by atoms with Crippen LogP contribution in [-0.4, -0.2) is 24.1 Å². The molecule has 0 fully saturated rings. The van der Waals surface area contributed by atoms with Crippen LogP contribution in [-0.2, 0) is 0 Å². The van der Waals surface area contributed by atoms with Crippen LogP contribution in [0.2, 0.25) is 0 Å². The van der Waals surface area contributed by atoms with E-state index in [-0.39, 0.29) is 12.4 Å². The molecule has 0 aliphatic heterocycles. The van der Waals surface area contributed by atoms with Crippen LogP contribution in [0.3, 0.4) is 0 Å². The lowest BCUT2D eigenvalue weighted by molar-refractivity contribution is -0.734. The molecular weight excluding hydrogens is 322 g/mol. The predicted molar refractivity (Wildman–Crippen MR) is 87.0 cm³/mol. The number of halogens is 2. The van der Waals surface area contributed by atoms with Gasteiger partial charge in [0.15, 0.2) is 0 Å². The largest absolute Gasteiger partial charge is 1.00 e. The molecule has 0 aromatic carbocycles. The van der Waals surface area contributed by atoms with Crippen molar-refractivity contribution < 1.29 is 15.9 Å². The Hall–Kier alpha value is 0.730. The van der Waals surface area contributed by atoms with Crippen LogP contribution in [0.5, 0.6) is 0 Å². The van der Waals surface area contributed by atoms with E-state index < -0.39 is 0 Å². The van der Waals surface area contributed by atoms with E-state index in [1.54, 1.807) is 0 Å². The summed E-state index contributed by atoms with van der Waals surface area (Å²) in [6, 6.07) is 0. The quantitative estimate of drug-likeness (QED) is 0.351. The van der Waals surface area contributed by atoms with Crippen molar-refractivity contribution in [3.05, 3.63) is 0 Å². The second kappa shape index (κ2) is 15.1. The Kier molecular flexibility index (Phi) is 17.5. The summed E-state index contributed by atoms with van der Waals surface area (Å²) in [5, 5.41) is 0. The highest BCUT2D eigenvalue weighted by Crippen LogP contribution is 2.13. The van der Waals surface area contributed by atoms with Gasteiger partial charge in [0.2, 0.25) is 16.1 Å². The van der Waals surface area contributed by atoms with E-state index in [1.165, 1.54) is 83.6 Å². The molecule has 0 aromatic rings. The van der Waals surface area contributed by atoms with Crippen LogP contribution in [0, 0.1) is 0 Å². The Labute approximate surface area is 136 Å². The normalized spacial score (nSPS) is 11.4. The number of quaternary nitrogens is 1. The van der Waals surface area contributed by atoms with E-state index in [0.29, 0.717) is 0 Å². The summed E-state index contributed by atoms with van der Waals surface area (Å²) in [5.41, 5.74) is 0. The molecule has 0 aliphatic carbocycles. The summed E-state index contributed by atoms with van der Waals surface area (Å²) in [6.07, 6.45) is 17.2. The fourth-order valence-corrected chi connectivity index (χ4v) is 2.58. The maximum absolute atomic E-state index is 3.65. The third-order valence-corrected chi connectivity index (χ3v) is 3.90. The molecule has 0 saturated carbocycles. The number of nitrogens with zero attached hydrogens (tertiary/aromatic N) is 1. The molecule has 0 rings (SSSR count). The van der Waals surface area contributed by atoms with Gasteiger partial charge < -0.3 is 12.4 Å². The van der Waals surface area contributed by atoms with Gasteiger partial charge in [-0.3, -0.25) is 3.51 Å². The molecule has 0 saturated heterocycles. The number of hydrogen-bond acceptors (Lipinski definition) is 0. The molecule has 0 atom stereocenters. The first-order chi connectivity index (χ1) is 8.56. The number of hydrogen-bond donors (Lipinski definition) is 0. The summed E-state index contributed by atoms with van der Waals surface area (Å²) in [5.74, 6) is 0. The van der Waals surface area contributed by atoms with Gasteiger partial charge in [0.05, 0.1) is 20.6 Å². The van der Waals surface area contributed by atoms with Crippen molar-refractivity contribution in [2.45, 2.75) is 84.0 Å².